The molecule has 1 aromatic rings. The summed E-state index contributed by atoms with van der Waals surface area (Å²) >= 11 is 0. The lowest BCUT2D eigenvalue weighted by atomic mass is 10.1. The zero-order valence-corrected chi connectivity index (χ0v) is 10.1. The van der Waals surface area contributed by atoms with Crippen LogP contribution < -0.4 is 11.1 Å². The monoisotopic (exact) mass is 224 g/mol. The average molecular weight is 224 g/mol. The quantitative estimate of drug-likeness (QED) is 0.796. The molecule has 1 rings (SSSR count). The van der Waals surface area contributed by atoms with Gasteiger partial charge in [-0.1, -0.05) is 6.92 Å². The van der Waals surface area contributed by atoms with Gasteiger partial charge in [-0.15, -0.1) is 0 Å². The number of nitrogens with zero attached hydrogens (tertiary/aromatic N) is 2. The van der Waals surface area contributed by atoms with Gasteiger partial charge in [-0.25, -0.2) is 4.68 Å². The van der Waals surface area contributed by atoms with Crippen LogP contribution in [-0.2, 0) is 4.79 Å². The topological polar surface area (TPSA) is 72.9 Å². The molecule has 5 nitrogen and oxygen atoms in total. The molecule has 1 unspecified atom stereocenters. The summed E-state index contributed by atoms with van der Waals surface area (Å²) in [5, 5.41) is 6.96. The maximum Gasteiger partial charge on any atom is 0.227 e. The number of nitrogens with two attached hydrogens (primary N) is 1. The van der Waals surface area contributed by atoms with Gasteiger partial charge in [0.2, 0.25) is 5.91 Å². The van der Waals surface area contributed by atoms with E-state index in [0.29, 0.717) is 6.42 Å². The van der Waals surface area contributed by atoms with E-state index in [-0.39, 0.29) is 18.0 Å². The van der Waals surface area contributed by atoms with Gasteiger partial charge in [-0.05, 0) is 20.3 Å². The van der Waals surface area contributed by atoms with Crippen molar-refractivity contribution in [2.45, 2.75) is 45.7 Å². The summed E-state index contributed by atoms with van der Waals surface area (Å²) in [7, 11) is 0. The number of amides is 1. The highest BCUT2D eigenvalue weighted by Crippen LogP contribution is 2.13. The third kappa shape index (κ3) is 3.34. The molecule has 1 heterocycles. The first-order valence-corrected chi connectivity index (χ1v) is 5.63. The van der Waals surface area contributed by atoms with Crippen molar-refractivity contribution in [3.8, 4) is 0 Å². The normalized spacial score (nSPS) is 12.8. The van der Waals surface area contributed by atoms with Crippen LogP contribution in [0.15, 0.2) is 12.3 Å². The summed E-state index contributed by atoms with van der Waals surface area (Å²) in [5.41, 5.74) is 5.72. The van der Waals surface area contributed by atoms with Gasteiger partial charge in [-0.3, -0.25) is 4.79 Å². The molecular weight excluding hydrogens is 204 g/mol. The highest BCUT2D eigenvalue weighted by atomic mass is 16.1. The van der Waals surface area contributed by atoms with Gasteiger partial charge in [0, 0.05) is 24.6 Å². The molecule has 5 heteroatoms. The Morgan fingerprint density at radius 3 is 2.88 bits per heavy atom. The second-order valence-corrected chi connectivity index (χ2v) is 4.18. The molecule has 0 aliphatic heterocycles. The Kier molecular flexibility index (Phi) is 4.49. The number of carbonyl (C=O) groups excluding carboxylic acids is 1. The van der Waals surface area contributed by atoms with Crippen LogP contribution in [0.2, 0.25) is 0 Å². The number of anilines is 1. The van der Waals surface area contributed by atoms with Gasteiger partial charge in [0.05, 0.1) is 6.20 Å². The van der Waals surface area contributed by atoms with E-state index in [1.54, 1.807) is 16.9 Å². The minimum atomic E-state index is -0.0737. The summed E-state index contributed by atoms with van der Waals surface area (Å²) in [4.78, 5) is 11.6. The molecule has 0 spiro atoms. The van der Waals surface area contributed by atoms with E-state index in [1.807, 2.05) is 20.8 Å². The van der Waals surface area contributed by atoms with E-state index >= 15 is 0 Å². The zero-order chi connectivity index (χ0) is 12.1. The highest BCUT2D eigenvalue weighted by molar-refractivity contribution is 5.90. The SMILES string of the molecule is CCC(N)CC(=O)Nc1ccnn1C(C)C. The Labute approximate surface area is 96.0 Å². The lowest BCUT2D eigenvalue weighted by Crippen LogP contribution is -2.27. The Bertz CT molecular complexity index is 346. The largest absolute Gasteiger partial charge is 0.327 e. The summed E-state index contributed by atoms with van der Waals surface area (Å²) in [6.07, 6.45) is 2.83. The number of aromatic nitrogens is 2. The van der Waals surface area contributed by atoms with Crippen LogP contribution in [0.3, 0.4) is 0 Å². The molecule has 16 heavy (non-hydrogen) atoms. The van der Waals surface area contributed by atoms with Crippen LogP contribution in [0.1, 0.15) is 39.7 Å². The van der Waals surface area contributed by atoms with E-state index in [9.17, 15) is 4.79 Å². The van der Waals surface area contributed by atoms with Crippen molar-refractivity contribution in [1.29, 1.82) is 0 Å². The fourth-order valence-corrected chi connectivity index (χ4v) is 1.40. The standard InChI is InChI=1S/C11H20N4O/c1-4-9(12)7-11(16)14-10-5-6-13-15(10)8(2)3/h5-6,8-9H,4,7,12H2,1-3H3,(H,14,16). The minimum Gasteiger partial charge on any atom is -0.327 e. The van der Waals surface area contributed by atoms with Crippen LogP contribution >= 0.6 is 0 Å². The van der Waals surface area contributed by atoms with Crippen molar-refractivity contribution in [3.63, 3.8) is 0 Å². The summed E-state index contributed by atoms with van der Waals surface area (Å²) < 4.78 is 1.77. The molecule has 0 radical (unpaired) electrons. The minimum absolute atomic E-state index is 0.0586. The lowest BCUT2D eigenvalue weighted by Gasteiger charge is -2.13. The Balaban J connectivity index is 2.59. The van der Waals surface area contributed by atoms with E-state index in [1.165, 1.54) is 0 Å². The van der Waals surface area contributed by atoms with E-state index in [4.69, 9.17) is 5.73 Å². The molecule has 0 aliphatic rings. The summed E-state index contributed by atoms with van der Waals surface area (Å²) in [5.74, 6) is 0.667. The molecular formula is C11H20N4O. The molecule has 1 amide bonds. The maximum atomic E-state index is 11.6. The van der Waals surface area contributed by atoms with Gasteiger partial charge >= 0.3 is 0 Å². The van der Waals surface area contributed by atoms with Gasteiger partial charge in [-0.2, -0.15) is 5.10 Å². The Hall–Kier alpha value is -1.36. The molecule has 0 saturated heterocycles. The molecule has 1 aromatic heterocycles. The van der Waals surface area contributed by atoms with Gasteiger partial charge in [0.25, 0.3) is 0 Å². The molecule has 0 bridgehead atoms. The second-order valence-electron chi connectivity index (χ2n) is 4.18. The van der Waals surface area contributed by atoms with Crippen molar-refractivity contribution in [3.05, 3.63) is 12.3 Å². The maximum absolute atomic E-state index is 11.6. The third-order valence-electron chi connectivity index (χ3n) is 2.40. The van der Waals surface area contributed by atoms with Crippen molar-refractivity contribution in [2.75, 3.05) is 5.32 Å². The third-order valence-corrected chi connectivity index (χ3v) is 2.40. The average Bonchev–Trinajstić information content (AvgIpc) is 2.65. The van der Waals surface area contributed by atoms with E-state index in [0.717, 1.165) is 12.2 Å². The Morgan fingerprint density at radius 2 is 2.31 bits per heavy atom. The number of hydrogen-bond donors (Lipinski definition) is 2. The molecule has 0 saturated carbocycles. The number of rotatable bonds is 5. The summed E-state index contributed by atoms with van der Waals surface area (Å²) in [6, 6.07) is 1.94. The van der Waals surface area contributed by atoms with Crippen LogP contribution in [0.4, 0.5) is 5.82 Å². The lowest BCUT2D eigenvalue weighted by molar-refractivity contribution is -0.116. The van der Waals surface area contributed by atoms with E-state index < -0.39 is 0 Å². The number of hydrogen-bond acceptors (Lipinski definition) is 3. The van der Waals surface area contributed by atoms with Gasteiger partial charge in [0.1, 0.15) is 5.82 Å². The van der Waals surface area contributed by atoms with Gasteiger partial charge in [0.15, 0.2) is 0 Å². The molecule has 1 atom stereocenters. The van der Waals surface area contributed by atoms with Crippen molar-refractivity contribution in [1.82, 2.24) is 9.78 Å². The van der Waals surface area contributed by atoms with Crippen molar-refractivity contribution in [2.24, 2.45) is 5.73 Å². The predicted molar refractivity (Wildman–Crippen MR) is 64.1 cm³/mol. The van der Waals surface area contributed by atoms with Crippen LogP contribution in [0.5, 0.6) is 0 Å². The van der Waals surface area contributed by atoms with Gasteiger partial charge < -0.3 is 11.1 Å². The highest BCUT2D eigenvalue weighted by Gasteiger charge is 2.11. The smallest absolute Gasteiger partial charge is 0.227 e. The first kappa shape index (κ1) is 12.7. The molecule has 0 aliphatic carbocycles. The van der Waals surface area contributed by atoms with E-state index in [2.05, 4.69) is 10.4 Å². The molecule has 0 fully saturated rings. The van der Waals surface area contributed by atoms with Crippen molar-refractivity contribution < 1.29 is 4.79 Å². The van der Waals surface area contributed by atoms with Crippen LogP contribution in [0.25, 0.3) is 0 Å². The fourth-order valence-electron chi connectivity index (χ4n) is 1.40. The molecule has 90 valence electrons. The van der Waals surface area contributed by atoms with Crippen LogP contribution in [-0.4, -0.2) is 21.7 Å². The number of carbonyl (C=O) groups is 1. The van der Waals surface area contributed by atoms with Crippen molar-refractivity contribution >= 4 is 11.7 Å². The Morgan fingerprint density at radius 1 is 1.62 bits per heavy atom. The predicted octanol–water partition coefficient (Wildman–Crippen LogP) is 1.53. The molecule has 3 N–H and O–H groups in total. The number of nitrogens with one attached hydrogen (secondary N) is 1. The zero-order valence-electron chi connectivity index (χ0n) is 10.1. The molecule has 0 aromatic carbocycles. The first-order chi connectivity index (χ1) is 7.54. The first-order valence-electron chi connectivity index (χ1n) is 5.63. The fraction of sp³-hybridized carbons (Fsp3) is 0.636. The second kappa shape index (κ2) is 5.65. The summed E-state index contributed by atoms with van der Waals surface area (Å²) in [6.45, 7) is 6.00. The van der Waals surface area contributed by atoms with Crippen LogP contribution in [0, 0.1) is 0 Å².